The number of nitrogens with zero attached hydrogens (tertiary/aromatic N) is 3. The lowest BCUT2D eigenvalue weighted by atomic mass is 10.2. The molecule has 1 aromatic carbocycles. The van der Waals surface area contributed by atoms with Gasteiger partial charge in [-0.15, -0.1) is 0 Å². The van der Waals surface area contributed by atoms with Crippen LogP contribution in [-0.2, 0) is 11.2 Å². The number of furan rings is 1. The number of carbonyl (C=O) groups is 2. The molecule has 0 saturated carbocycles. The average molecular weight is 379 g/mol. The summed E-state index contributed by atoms with van der Waals surface area (Å²) in [6.45, 7) is 2.04. The summed E-state index contributed by atoms with van der Waals surface area (Å²) in [5.74, 6) is 1.50. The van der Waals surface area contributed by atoms with Gasteiger partial charge in [-0.3, -0.25) is 9.59 Å². The van der Waals surface area contributed by atoms with Crippen LogP contribution in [0.1, 0.15) is 22.9 Å². The number of benzene rings is 1. The van der Waals surface area contributed by atoms with E-state index in [1.165, 1.54) is 6.26 Å². The third-order valence-corrected chi connectivity index (χ3v) is 4.82. The molecule has 1 fully saturated rings. The van der Waals surface area contributed by atoms with Gasteiger partial charge in [-0.2, -0.15) is 0 Å². The summed E-state index contributed by atoms with van der Waals surface area (Å²) in [5.41, 5.74) is 0.963. The van der Waals surface area contributed by atoms with Gasteiger partial charge in [-0.1, -0.05) is 30.3 Å². The normalized spacial score (nSPS) is 14.3. The predicted octanol–water partition coefficient (Wildman–Crippen LogP) is 2.85. The fraction of sp³-hybridized carbons (Fsp3) is 0.286. The lowest BCUT2D eigenvalue weighted by molar-refractivity contribution is -0.132. The Balaban J connectivity index is 1.26. The highest BCUT2D eigenvalue weighted by Gasteiger charge is 2.26. The van der Waals surface area contributed by atoms with E-state index in [9.17, 15) is 9.59 Å². The minimum atomic E-state index is -0.134. The maximum Gasteiger partial charge on any atom is 0.289 e. The van der Waals surface area contributed by atoms with Crippen LogP contribution in [0.5, 0.6) is 0 Å². The van der Waals surface area contributed by atoms with Crippen molar-refractivity contribution in [3.8, 4) is 11.3 Å². The van der Waals surface area contributed by atoms with E-state index in [-0.39, 0.29) is 11.8 Å². The summed E-state index contributed by atoms with van der Waals surface area (Å²) in [6.07, 6.45) is 3.96. The first-order valence-corrected chi connectivity index (χ1v) is 9.31. The Morgan fingerprint density at radius 2 is 1.71 bits per heavy atom. The van der Waals surface area contributed by atoms with Gasteiger partial charge in [0.2, 0.25) is 5.91 Å². The molecule has 0 N–H and O–H groups in total. The average Bonchev–Trinajstić information content (AvgIpc) is 3.44. The number of aromatic nitrogens is 1. The SMILES string of the molecule is O=C(CCc1ncc(-c2ccccc2)o1)N1CCN(C(=O)c2ccco2)CC1. The third kappa shape index (κ3) is 3.98. The summed E-state index contributed by atoms with van der Waals surface area (Å²) in [5, 5.41) is 0. The molecule has 0 spiro atoms. The van der Waals surface area contributed by atoms with Gasteiger partial charge in [-0.05, 0) is 12.1 Å². The first-order valence-electron chi connectivity index (χ1n) is 9.31. The van der Waals surface area contributed by atoms with E-state index in [1.54, 1.807) is 28.1 Å². The first kappa shape index (κ1) is 18.0. The number of amides is 2. The van der Waals surface area contributed by atoms with Crippen molar-refractivity contribution in [1.82, 2.24) is 14.8 Å². The summed E-state index contributed by atoms with van der Waals surface area (Å²) < 4.78 is 10.9. The Morgan fingerprint density at radius 1 is 0.964 bits per heavy atom. The highest BCUT2D eigenvalue weighted by molar-refractivity contribution is 5.91. The van der Waals surface area contributed by atoms with Gasteiger partial charge in [0.05, 0.1) is 12.5 Å². The van der Waals surface area contributed by atoms with Crippen LogP contribution in [-0.4, -0.2) is 52.8 Å². The Bertz CT molecular complexity index is 926. The fourth-order valence-corrected chi connectivity index (χ4v) is 3.25. The van der Waals surface area contributed by atoms with Gasteiger partial charge in [-0.25, -0.2) is 4.98 Å². The van der Waals surface area contributed by atoms with Gasteiger partial charge >= 0.3 is 0 Å². The molecule has 0 atom stereocenters. The zero-order valence-corrected chi connectivity index (χ0v) is 15.4. The number of aryl methyl sites for hydroxylation is 1. The summed E-state index contributed by atoms with van der Waals surface area (Å²) >= 11 is 0. The van der Waals surface area contributed by atoms with Crippen LogP contribution in [0.25, 0.3) is 11.3 Å². The van der Waals surface area contributed by atoms with Gasteiger partial charge in [0.25, 0.3) is 5.91 Å². The highest BCUT2D eigenvalue weighted by atomic mass is 16.4. The van der Waals surface area contributed by atoms with Crippen molar-refractivity contribution in [3.05, 3.63) is 66.6 Å². The molecule has 7 nitrogen and oxygen atoms in total. The molecule has 1 saturated heterocycles. The van der Waals surface area contributed by atoms with Crippen LogP contribution < -0.4 is 0 Å². The van der Waals surface area contributed by atoms with E-state index in [0.29, 0.717) is 56.4 Å². The molecule has 1 aliphatic rings. The molecule has 2 aromatic heterocycles. The van der Waals surface area contributed by atoms with Crippen LogP contribution in [0.3, 0.4) is 0 Å². The number of piperazine rings is 1. The summed E-state index contributed by atoms with van der Waals surface area (Å²) in [6, 6.07) is 13.1. The Morgan fingerprint density at radius 3 is 2.43 bits per heavy atom. The number of hydrogen-bond donors (Lipinski definition) is 0. The number of hydrogen-bond acceptors (Lipinski definition) is 5. The number of carbonyl (C=O) groups excluding carboxylic acids is 2. The molecule has 0 aliphatic carbocycles. The van der Waals surface area contributed by atoms with Crippen LogP contribution in [0.4, 0.5) is 0 Å². The Kier molecular flexibility index (Phi) is 5.23. The van der Waals surface area contributed by atoms with E-state index in [0.717, 1.165) is 5.56 Å². The van der Waals surface area contributed by atoms with E-state index >= 15 is 0 Å². The molecule has 1 aliphatic heterocycles. The van der Waals surface area contributed by atoms with Crippen molar-refractivity contribution in [3.63, 3.8) is 0 Å². The van der Waals surface area contributed by atoms with Crippen LogP contribution >= 0.6 is 0 Å². The van der Waals surface area contributed by atoms with Crippen molar-refractivity contribution in [2.24, 2.45) is 0 Å². The minimum Gasteiger partial charge on any atom is -0.459 e. The van der Waals surface area contributed by atoms with Crippen LogP contribution in [0, 0.1) is 0 Å². The molecule has 3 heterocycles. The van der Waals surface area contributed by atoms with E-state index < -0.39 is 0 Å². The van der Waals surface area contributed by atoms with Gasteiger partial charge in [0, 0.05) is 44.6 Å². The number of oxazole rings is 1. The maximum absolute atomic E-state index is 12.5. The predicted molar refractivity (Wildman–Crippen MR) is 101 cm³/mol. The van der Waals surface area contributed by atoms with Gasteiger partial charge in [0.1, 0.15) is 0 Å². The van der Waals surface area contributed by atoms with E-state index in [4.69, 9.17) is 8.83 Å². The molecule has 144 valence electrons. The van der Waals surface area contributed by atoms with Crippen molar-refractivity contribution in [1.29, 1.82) is 0 Å². The van der Waals surface area contributed by atoms with Crippen LogP contribution in [0.15, 0.2) is 63.8 Å². The van der Waals surface area contributed by atoms with Gasteiger partial charge < -0.3 is 18.6 Å². The molecule has 7 heteroatoms. The van der Waals surface area contributed by atoms with E-state index in [2.05, 4.69) is 4.98 Å². The molecule has 0 radical (unpaired) electrons. The second kappa shape index (κ2) is 8.12. The largest absolute Gasteiger partial charge is 0.459 e. The summed E-state index contributed by atoms with van der Waals surface area (Å²) in [7, 11) is 0. The van der Waals surface area contributed by atoms with E-state index in [1.807, 2.05) is 30.3 Å². The molecule has 3 aromatic rings. The first-order chi connectivity index (χ1) is 13.7. The zero-order valence-electron chi connectivity index (χ0n) is 15.4. The third-order valence-electron chi connectivity index (χ3n) is 4.82. The molecule has 0 bridgehead atoms. The standard InChI is InChI=1S/C21H21N3O4/c25-20(9-8-19-22-15-18(28-19)16-5-2-1-3-6-16)23-10-12-24(13-11-23)21(26)17-7-4-14-27-17/h1-7,14-15H,8-13H2. The van der Waals surface area contributed by atoms with Crippen molar-refractivity contribution in [2.75, 3.05) is 26.2 Å². The smallest absolute Gasteiger partial charge is 0.289 e. The van der Waals surface area contributed by atoms with Crippen molar-refractivity contribution < 1.29 is 18.4 Å². The van der Waals surface area contributed by atoms with Crippen LogP contribution in [0.2, 0.25) is 0 Å². The molecule has 4 rings (SSSR count). The highest BCUT2D eigenvalue weighted by Crippen LogP contribution is 2.20. The molecule has 28 heavy (non-hydrogen) atoms. The second-order valence-electron chi connectivity index (χ2n) is 6.63. The molecule has 2 amide bonds. The summed E-state index contributed by atoms with van der Waals surface area (Å²) in [4.78, 5) is 32.5. The monoisotopic (exact) mass is 379 g/mol. The minimum absolute atomic E-state index is 0.0459. The molecular weight excluding hydrogens is 358 g/mol. The van der Waals surface area contributed by atoms with Crippen molar-refractivity contribution in [2.45, 2.75) is 12.8 Å². The Labute approximate surface area is 162 Å². The molecular formula is C21H21N3O4. The Hall–Kier alpha value is -3.35. The lowest BCUT2D eigenvalue weighted by Crippen LogP contribution is -2.50. The molecule has 0 unspecified atom stereocenters. The van der Waals surface area contributed by atoms with Crippen molar-refractivity contribution >= 4 is 11.8 Å². The second-order valence-corrected chi connectivity index (χ2v) is 6.63. The quantitative estimate of drug-likeness (QED) is 0.681. The number of rotatable bonds is 5. The van der Waals surface area contributed by atoms with Gasteiger partial charge in [0.15, 0.2) is 17.4 Å². The lowest BCUT2D eigenvalue weighted by Gasteiger charge is -2.34. The topological polar surface area (TPSA) is 79.8 Å². The fourth-order valence-electron chi connectivity index (χ4n) is 3.25. The zero-order chi connectivity index (χ0) is 19.3. The maximum atomic E-state index is 12.5.